The van der Waals surface area contributed by atoms with Crippen LogP contribution in [0, 0.1) is 5.41 Å². The molecule has 1 aromatic carbocycles. The highest BCUT2D eigenvalue weighted by molar-refractivity contribution is 5.71. The molecule has 1 aliphatic carbocycles. The van der Waals surface area contributed by atoms with E-state index in [9.17, 15) is 4.79 Å². The molecule has 0 radical (unpaired) electrons. The van der Waals surface area contributed by atoms with Crippen molar-refractivity contribution in [2.24, 2.45) is 5.41 Å². The Hall–Kier alpha value is -1.55. The van der Waals surface area contributed by atoms with Crippen LogP contribution >= 0.6 is 0 Å². The van der Waals surface area contributed by atoms with E-state index in [0.717, 1.165) is 19.3 Å². The highest BCUT2D eigenvalue weighted by atomic mass is 16.7. The Morgan fingerprint density at radius 2 is 1.75 bits per heavy atom. The van der Waals surface area contributed by atoms with Gasteiger partial charge in [-0.05, 0) is 48.3 Å². The second kappa shape index (κ2) is 10.8. The molecule has 0 saturated heterocycles. The Morgan fingerprint density at radius 3 is 2.32 bits per heavy atom. The average molecular weight is 391 g/mol. The quantitative estimate of drug-likeness (QED) is 0.370. The van der Waals surface area contributed by atoms with E-state index >= 15 is 0 Å². The van der Waals surface area contributed by atoms with Crippen LogP contribution in [0.3, 0.4) is 0 Å². The van der Waals surface area contributed by atoms with Gasteiger partial charge in [-0.25, -0.2) is 4.79 Å². The molecule has 2 rings (SSSR count). The summed E-state index contributed by atoms with van der Waals surface area (Å²) in [4.78, 5) is 12.3. The fourth-order valence-corrected chi connectivity index (χ4v) is 3.48. The molecule has 0 aliphatic heterocycles. The van der Waals surface area contributed by atoms with Crippen molar-refractivity contribution in [3.8, 4) is 5.75 Å². The first-order valence-corrected chi connectivity index (χ1v) is 10.8. The number of esters is 1. The predicted octanol–water partition coefficient (Wildman–Crippen LogP) is 6.23. The van der Waals surface area contributed by atoms with Gasteiger partial charge in [-0.1, -0.05) is 66.0 Å². The zero-order valence-corrected chi connectivity index (χ0v) is 18.3. The highest BCUT2D eigenvalue weighted by Gasteiger charge is 2.27. The zero-order chi connectivity index (χ0) is 20.6. The van der Waals surface area contributed by atoms with Gasteiger partial charge in [0.25, 0.3) is 0 Å². The van der Waals surface area contributed by atoms with Crippen LogP contribution in [0.5, 0.6) is 5.75 Å². The van der Waals surface area contributed by atoms with Gasteiger partial charge in [-0.15, -0.1) is 0 Å². The van der Waals surface area contributed by atoms with E-state index in [4.69, 9.17) is 14.2 Å². The maximum Gasteiger partial charge on any atom is 0.346 e. The van der Waals surface area contributed by atoms with E-state index in [2.05, 4.69) is 46.8 Å². The summed E-state index contributed by atoms with van der Waals surface area (Å²) in [5.41, 5.74) is 1.30. The third-order valence-corrected chi connectivity index (χ3v) is 5.36. The summed E-state index contributed by atoms with van der Waals surface area (Å²) in [7, 11) is 0. The molecule has 1 saturated carbocycles. The van der Waals surface area contributed by atoms with Gasteiger partial charge < -0.3 is 14.2 Å². The van der Waals surface area contributed by atoms with Crippen molar-refractivity contribution in [3.05, 3.63) is 29.8 Å². The Kier molecular flexibility index (Phi) is 8.81. The smallest absolute Gasteiger partial charge is 0.346 e. The molecular formula is C24H38O4. The molecule has 4 heteroatoms. The minimum absolute atomic E-state index is 0.0201. The molecule has 2 unspecified atom stereocenters. The van der Waals surface area contributed by atoms with Crippen LogP contribution in [-0.4, -0.2) is 25.0 Å². The second-order valence-electron chi connectivity index (χ2n) is 9.25. The molecule has 158 valence electrons. The topological polar surface area (TPSA) is 44.8 Å². The van der Waals surface area contributed by atoms with E-state index in [0.29, 0.717) is 18.1 Å². The highest BCUT2D eigenvalue weighted by Crippen LogP contribution is 2.28. The lowest BCUT2D eigenvalue weighted by Crippen LogP contribution is -2.33. The average Bonchev–Trinajstić information content (AvgIpc) is 2.65. The molecule has 1 aromatic rings. The summed E-state index contributed by atoms with van der Waals surface area (Å²) >= 11 is 0. The van der Waals surface area contributed by atoms with Crippen LogP contribution < -0.4 is 4.74 Å². The molecule has 4 nitrogen and oxygen atoms in total. The first kappa shape index (κ1) is 22.7. The van der Waals surface area contributed by atoms with Crippen molar-refractivity contribution >= 4 is 5.97 Å². The fourth-order valence-electron chi connectivity index (χ4n) is 3.48. The number of hydrogen-bond donors (Lipinski definition) is 0. The molecule has 0 aromatic heterocycles. The monoisotopic (exact) mass is 390 g/mol. The van der Waals surface area contributed by atoms with Gasteiger partial charge in [0, 0.05) is 6.42 Å². The van der Waals surface area contributed by atoms with Gasteiger partial charge in [0.05, 0.1) is 6.10 Å². The van der Waals surface area contributed by atoms with Crippen LogP contribution in [0.2, 0.25) is 0 Å². The minimum Gasteiger partial charge on any atom is -0.482 e. The maximum absolute atomic E-state index is 12.3. The summed E-state index contributed by atoms with van der Waals surface area (Å²) < 4.78 is 17.4. The van der Waals surface area contributed by atoms with Gasteiger partial charge in [0.15, 0.2) is 6.61 Å². The van der Waals surface area contributed by atoms with Crippen molar-refractivity contribution in [1.29, 1.82) is 0 Å². The maximum atomic E-state index is 12.3. The van der Waals surface area contributed by atoms with Crippen LogP contribution in [-0.2, 0) is 14.3 Å². The summed E-state index contributed by atoms with van der Waals surface area (Å²) in [6.07, 6.45) is 7.23. The fraction of sp³-hybridized carbons (Fsp3) is 0.708. The molecule has 0 bridgehead atoms. The summed E-state index contributed by atoms with van der Waals surface area (Å²) in [5, 5.41) is 0. The number of ether oxygens (including phenoxy) is 3. The van der Waals surface area contributed by atoms with Crippen molar-refractivity contribution in [2.75, 3.05) is 6.61 Å². The van der Waals surface area contributed by atoms with Crippen molar-refractivity contribution in [3.63, 3.8) is 0 Å². The number of hydrogen-bond acceptors (Lipinski definition) is 4. The summed E-state index contributed by atoms with van der Waals surface area (Å²) in [6, 6.07) is 7.95. The van der Waals surface area contributed by atoms with Crippen molar-refractivity contribution < 1.29 is 19.0 Å². The van der Waals surface area contributed by atoms with E-state index in [1.807, 2.05) is 12.1 Å². The van der Waals surface area contributed by atoms with Gasteiger partial charge in [-0.2, -0.15) is 0 Å². The Balaban J connectivity index is 1.85. The molecule has 0 heterocycles. The third-order valence-electron chi connectivity index (χ3n) is 5.36. The van der Waals surface area contributed by atoms with Gasteiger partial charge >= 0.3 is 5.97 Å². The number of benzene rings is 1. The molecule has 2 atom stereocenters. The van der Waals surface area contributed by atoms with Crippen LogP contribution in [0.25, 0.3) is 0 Å². The third kappa shape index (κ3) is 8.22. The Morgan fingerprint density at radius 1 is 1.11 bits per heavy atom. The molecule has 1 fully saturated rings. The Bertz CT molecular complexity index is 582. The molecule has 1 aliphatic rings. The van der Waals surface area contributed by atoms with E-state index < -0.39 is 6.29 Å². The largest absolute Gasteiger partial charge is 0.482 e. The first-order chi connectivity index (χ1) is 13.3. The van der Waals surface area contributed by atoms with Gasteiger partial charge in [-0.3, -0.25) is 0 Å². The zero-order valence-electron chi connectivity index (χ0n) is 18.3. The van der Waals surface area contributed by atoms with E-state index in [-0.39, 0.29) is 24.1 Å². The summed E-state index contributed by atoms with van der Waals surface area (Å²) in [5.74, 6) is 0.828. The summed E-state index contributed by atoms with van der Waals surface area (Å²) in [6.45, 7) is 10.7. The Labute approximate surface area is 170 Å². The minimum atomic E-state index is -0.507. The van der Waals surface area contributed by atoms with Gasteiger partial charge in [0.2, 0.25) is 6.29 Å². The molecule has 0 N–H and O–H groups in total. The van der Waals surface area contributed by atoms with Gasteiger partial charge in [0.1, 0.15) is 5.75 Å². The van der Waals surface area contributed by atoms with Crippen molar-refractivity contribution in [2.45, 2.75) is 97.9 Å². The number of rotatable bonds is 9. The SMILES string of the molecule is CCC(C)c1ccc(OCC(=O)OC(CC(C)(C)C)OC2CCCCC2)cc1. The lowest BCUT2D eigenvalue weighted by Gasteiger charge is -2.31. The lowest BCUT2D eigenvalue weighted by atomic mass is 9.91. The first-order valence-electron chi connectivity index (χ1n) is 10.8. The molecule has 0 amide bonds. The second-order valence-corrected chi connectivity index (χ2v) is 9.25. The van der Waals surface area contributed by atoms with Crippen LogP contribution in [0.15, 0.2) is 24.3 Å². The number of carbonyl (C=O) groups is 1. The molecule has 28 heavy (non-hydrogen) atoms. The standard InChI is InChI=1S/C24H38O4/c1-6-18(2)19-12-14-20(15-13-19)26-17-22(25)28-23(16-24(3,4)5)27-21-10-8-7-9-11-21/h12-15,18,21,23H,6-11,16-17H2,1-5H3. The van der Waals surface area contributed by atoms with Crippen LogP contribution in [0.4, 0.5) is 0 Å². The van der Waals surface area contributed by atoms with E-state index in [1.54, 1.807) is 0 Å². The van der Waals surface area contributed by atoms with E-state index in [1.165, 1.54) is 24.8 Å². The lowest BCUT2D eigenvalue weighted by molar-refractivity contribution is -0.201. The number of carbonyl (C=O) groups excluding carboxylic acids is 1. The molecular weight excluding hydrogens is 352 g/mol. The normalized spacial score (nSPS) is 17.8. The molecule has 0 spiro atoms. The predicted molar refractivity (Wildman–Crippen MR) is 113 cm³/mol. The van der Waals surface area contributed by atoms with Crippen molar-refractivity contribution in [1.82, 2.24) is 0 Å². The van der Waals surface area contributed by atoms with Crippen LogP contribution in [0.1, 0.15) is 91.0 Å².